The van der Waals surface area contributed by atoms with Gasteiger partial charge in [0.15, 0.2) is 6.79 Å². The van der Waals surface area contributed by atoms with Crippen molar-refractivity contribution in [1.82, 2.24) is 5.32 Å². The van der Waals surface area contributed by atoms with Gasteiger partial charge in [-0.1, -0.05) is 24.8 Å². The van der Waals surface area contributed by atoms with E-state index in [1.54, 1.807) is 24.3 Å². The van der Waals surface area contributed by atoms with E-state index in [-0.39, 0.29) is 25.3 Å². The van der Waals surface area contributed by atoms with Gasteiger partial charge in [0.05, 0.1) is 12.1 Å². The number of nitrogens with one attached hydrogen (secondary N) is 1. The highest BCUT2D eigenvalue weighted by Crippen LogP contribution is 2.19. The predicted molar refractivity (Wildman–Crippen MR) is 82.5 cm³/mol. The lowest BCUT2D eigenvalue weighted by Gasteiger charge is -2.28. The molecule has 1 aliphatic rings. The molecule has 0 saturated heterocycles. The zero-order valence-electron chi connectivity index (χ0n) is 12.5. The highest BCUT2D eigenvalue weighted by Gasteiger charge is 2.24. The summed E-state index contributed by atoms with van der Waals surface area (Å²) in [6.45, 7) is 0.219. The number of carbonyl (C=O) groups excluding carboxylic acids is 1. The minimum atomic E-state index is -0.464. The summed E-state index contributed by atoms with van der Waals surface area (Å²) < 4.78 is 10.4. The van der Waals surface area contributed by atoms with E-state index >= 15 is 0 Å². The second-order valence-corrected chi connectivity index (χ2v) is 5.27. The van der Waals surface area contributed by atoms with Crippen molar-refractivity contribution >= 4 is 5.91 Å². The largest absolute Gasteiger partial charge is 0.467 e. The number of amides is 1. The number of hydrogen-bond acceptors (Lipinski definition) is 4. The summed E-state index contributed by atoms with van der Waals surface area (Å²) in [4.78, 5) is 12.3. The quantitative estimate of drug-likeness (QED) is 0.477. The van der Waals surface area contributed by atoms with E-state index in [4.69, 9.17) is 15.9 Å². The number of benzene rings is 1. The fourth-order valence-electron chi connectivity index (χ4n) is 2.47. The fourth-order valence-corrected chi connectivity index (χ4v) is 2.47. The lowest BCUT2D eigenvalue weighted by molar-refractivity contribution is 0.0332. The lowest BCUT2D eigenvalue weighted by atomic mass is 9.92. The SMILES string of the molecule is C#CCOCOc1cccc(C(=O)NC2CCCCC2O)c1. The first kappa shape index (κ1) is 16.3. The third-order valence-corrected chi connectivity index (χ3v) is 3.64. The third-order valence-electron chi connectivity index (χ3n) is 3.64. The molecule has 0 aliphatic heterocycles. The topological polar surface area (TPSA) is 67.8 Å². The van der Waals surface area contributed by atoms with Gasteiger partial charge in [-0.15, -0.1) is 6.42 Å². The highest BCUT2D eigenvalue weighted by atomic mass is 16.7. The van der Waals surface area contributed by atoms with Crippen LogP contribution in [0.4, 0.5) is 0 Å². The summed E-state index contributed by atoms with van der Waals surface area (Å²) in [6, 6.07) is 6.65. The van der Waals surface area contributed by atoms with E-state index in [9.17, 15) is 9.90 Å². The van der Waals surface area contributed by atoms with E-state index in [0.717, 1.165) is 25.7 Å². The standard InChI is InChI=1S/C17H21NO4/c1-2-10-21-12-22-14-7-5-6-13(11-14)17(20)18-15-8-3-4-9-16(15)19/h1,5-7,11,15-16,19H,3-4,8-10,12H2,(H,18,20). The van der Waals surface area contributed by atoms with Crippen LogP contribution in [0.5, 0.6) is 5.75 Å². The van der Waals surface area contributed by atoms with Crippen LogP contribution in [-0.2, 0) is 4.74 Å². The van der Waals surface area contributed by atoms with Crippen LogP contribution in [0.25, 0.3) is 0 Å². The second-order valence-electron chi connectivity index (χ2n) is 5.27. The number of carbonyl (C=O) groups is 1. The Labute approximate surface area is 130 Å². The van der Waals surface area contributed by atoms with Gasteiger partial charge in [-0.3, -0.25) is 4.79 Å². The van der Waals surface area contributed by atoms with Crippen molar-refractivity contribution < 1.29 is 19.4 Å². The lowest BCUT2D eigenvalue weighted by Crippen LogP contribution is -2.45. The van der Waals surface area contributed by atoms with Gasteiger partial charge in [0.25, 0.3) is 5.91 Å². The van der Waals surface area contributed by atoms with Crippen molar-refractivity contribution in [3.63, 3.8) is 0 Å². The minimum Gasteiger partial charge on any atom is -0.467 e. The Balaban J connectivity index is 1.90. The molecular weight excluding hydrogens is 282 g/mol. The van der Waals surface area contributed by atoms with Crippen LogP contribution in [0.2, 0.25) is 0 Å². The fraction of sp³-hybridized carbons (Fsp3) is 0.471. The monoisotopic (exact) mass is 303 g/mol. The molecule has 1 amide bonds. The summed E-state index contributed by atoms with van der Waals surface area (Å²) in [5, 5.41) is 12.8. The third kappa shape index (κ3) is 4.76. The molecule has 118 valence electrons. The van der Waals surface area contributed by atoms with E-state index in [1.165, 1.54) is 0 Å². The molecule has 2 rings (SSSR count). The molecule has 1 saturated carbocycles. The Morgan fingerprint density at radius 3 is 3.00 bits per heavy atom. The van der Waals surface area contributed by atoms with Gasteiger partial charge in [-0.2, -0.15) is 0 Å². The van der Waals surface area contributed by atoms with Crippen LogP contribution in [0.1, 0.15) is 36.0 Å². The summed E-state index contributed by atoms with van der Waals surface area (Å²) in [6.07, 6.45) is 8.18. The van der Waals surface area contributed by atoms with Crippen molar-refractivity contribution in [2.45, 2.75) is 37.8 Å². The first-order chi connectivity index (χ1) is 10.7. The van der Waals surface area contributed by atoms with E-state index in [1.807, 2.05) is 0 Å². The van der Waals surface area contributed by atoms with E-state index in [0.29, 0.717) is 11.3 Å². The highest BCUT2D eigenvalue weighted by molar-refractivity contribution is 5.94. The molecule has 0 spiro atoms. The molecule has 2 unspecified atom stereocenters. The number of aliphatic hydroxyl groups is 1. The molecule has 5 heteroatoms. The smallest absolute Gasteiger partial charge is 0.251 e. The van der Waals surface area contributed by atoms with Crippen LogP contribution < -0.4 is 10.1 Å². The number of hydrogen-bond donors (Lipinski definition) is 2. The molecule has 1 aromatic carbocycles. The van der Waals surface area contributed by atoms with Crippen LogP contribution >= 0.6 is 0 Å². The molecule has 2 atom stereocenters. The number of rotatable bonds is 6. The zero-order chi connectivity index (χ0) is 15.8. The first-order valence-electron chi connectivity index (χ1n) is 7.43. The van der Waals surface area contributed by atoms with Crippen LogP contribution in [0, 0.1) is 12.3 Å². The maximum Gasteiger partial charge on any atom is 0.251 e. The van der Waals surface area contributed by atoms with Crippen LogP contribution in [-0.4, -0.2) is 36.6 Å². The average Bonchev–Trinajstić information content (AvgIpc) is 2.54. The Morgan fingerprint density at radius 1 is 1.41 bits per heavy atom. The molecule has 5 nitrogen and oxygen atoms in total. The molecule has 0 heterocycles. The van der Waals surface area contributed by atoms with Gasteiger partial charge < -0.3 is 19.9 Å². The molecule has 22 heavy (non-hydrogen) atoms. The van der Waals surface area contributed by atoms with Crippen LogP contribution in [0.15, 0.2) is 24.3 Å². The number of aliphatic hydroxyl groups excluding tert-OH is 1. The molecule has 0 radical (unpaired) electrons. The molecule has 1 aliphatic carbocycles. The Hall–Kier alpha value is -2.03. The normalized spacial score (nSPS) is 20.9. The van der Waals surface area contributed by atoms with Crippen molar-refractivity contribution in [1.29, 1.82) is 0 Å². The molecule has 0 bridgehead atoms. The number of ether oxygens (including phenoxy) is 2. The Morgan fingerprint density at radius 2 is 2.23 bits per heavy atom. The summed E-state index contributed by atoms with van der Waals surface area (Å²) in [7, 11) is 0. The van der Waals surface area contributed by atoms with Gasteiger partial charge in [-0.05, 0) is 31.0 Å². The van der Waals surface area contributed by atoms with Gasteiger partial charge in [-0.25, -0.2) is 0 Å². The molecule has 0 aromatic heterocycles. The summed E-state index contributed by atoms with van der Waals surface area (Å²) in [5.74, 6) is 2.67. The van der Waals surface area contributed by atoms with Crippen molar-refractivity contribution in [2.75, 3.05) is 13.4 Å². The zero-order valence-corrected chi connectivity index (χ0v) is 12.5. The molecule has 1 fully saturated rings. The van der Waals surface area contributed by atoms with Gasteiger partial charge in [0, 0.05) is 5.56 Å². The molecule has 1 aromatic rings. The van der Waals surface area contributed by atoms with Crippen molar-refractivity contribution in [3.05, 3.63) is 29.8 Å². The first-order valence-corrected chi connectivity index (χ1v) is 7.43. The number of terminal acetylenes is 1. The summed E-state index contributed by atoms with van der Waals surface area (Å²) in [5.41, 5.74) is 0.493. The van der Waals surface area contributed by atoms with Crippen LogP contribution in [0.3, 0.4) is 0 Å². The minimum absolute atomic E-state index is 0.0383. The van der Waals surface area contributed by atoms with Crippen molar-refractivity contribution in [2.24, 2.45) is 0 Å². The molecular formula is C17H21NO4. The Bertz CT molecular complexity index is 538. The second kappa shape index (κ2) is 8.42. The van der Waals surface area contributed by atoms with E-state index in [2.05, 4.69) is 11.2 Å². The maximum atomic E-state index is 12.3. The molecule has 2 N–H and O–H groups in total. The Kier molecular flexibility index (Phi) is 6.26. The van der Waals surface area contributed by atoms with Crippen molar-refractivity contribution in [3.8, 4) is 18.1 Å². The average molecular weight is 303 g/mol. The summed E-state index contributed by atoms with van der Waals surface area (Å²) >= 11 is 0. The van der Waals surface area contributed by atoms with Gasteiger partial charge >= 0.3 is 0 Å². The van der Waals surface area contributed by atoms with Gasteiger partial charge in [0.2, 0.25) is 0 Å². The maximum absolute atomic E-state index is 12.3. The van der Waals surface area contributed by atoms with E-state index < -0.39 is 6.10 Å². The predicted octanol–water partition coefficient (Wildman–Crippen LogP) is 1.71. The van der Waals surface area contributed by atoms with Gasteiger partial charge in [0.1, 0.15) is 12.4 Å².